The summed E-state index contributed by atoms with van der Waals surface area (Å²) in [6.45, 7) is 0. The van der Waals surface area contributed by atoms with Gasteiger partial charge in [-0.1, -0.05) is 28.1 Å². The van der Waals surface area contributed by atoms with Gasteiger partial charge in [-0.3, -0.25) is 4.79 Å². The quantitative estimate of drug-likeness (QED) is 0.902. The third kappa shape index (κ3) is 2.66. The monoisotopic (exact) mass is 334 g/mol. The second kappa shape index (κ2) is 5.09. The molecule has 1 fully saturated rings. The van der Waals surface area contributed by atoms with Crippen molar-refractivity contribution in [1.82, 2.24) is 0 Å². The number of carboxylic acids is 1. The fourth-order valence-electron chi connectivity index (χ4n) is 2.67. The minimum atomic E-state index is -0.797. The molecule has 0 bridgehead atoms. The Bertz CT molecular complexity index is 662. The molecule has 0 atom stereocenters. The molecule has 0 spiro atoms. The summed E-state index contributed by atoms with van der Waals surface area (Å²) in [6, 6.07) is 12.0. The maximum absolute atomic E-state index is 11.0. The SMILES string of the molecule is O=C(O)CC1(Oc2ccc3cc(Br)ccc3c2)CCC1. The maximum atomic E-state index is 11.0. The number of hydrogen-bond acceptors (Lipinski definition) is 2. The molecule has 104 valence electrons. The number of aliphatic carboxylic acids is 1. The lowest BCUT2D eigenvalue weighted by Crippen LogP contribution is -2.45. The molecule has 1 aliphatic rings. The van der Waals surface area contributed by atoms with Crippen LogP contribution in [-0.2, 0) is 4.79 Å². The smallest absolute Gasteiger partial charge is 0.307 e. The summed E-state index contributed by atoms with van der Waals surface area (Å²) in [6.07, 6.45) is 2.74. The summed E-state index contributed by atoms with van der Waals surface area (Å²) >= 11 is 3.45. The van der Waals surface area contributed by atoms with E-state index in [4.69, 9.17) is 9.84 Å². The van der Waals surface area contributed by atoms with Crippen molar-refractivity contribution >= 4 is 32.7 Å². The van der Waals surface area contributed by atoms with Crippen LogP contribution in [0.1, 0.15) is 25.7 Å². The van der Waals surface area contributed by atoms with Gasteiger partial charge in [-0.25, -0.2) is 0 Å². The number of carbonyl (C=O) groups is 1. The van der Waals surface area contributed by atoms with Crippen LogP contribution >= 0.6 is 15.9 Å². The van der Waals surface area contributed by atoms with E-state index in [1.54, 1.807) is 0 Å². The minimum Gasteiger partial charge on any atom is -0.487 e. The normalized spacial score (nSPS) is 16.6. The Labute approximate surface area is 125 Å². The van der Waals surface area contributed by atoms with E-state index in [9.17, 15) is 4.79 Å². The number of ether oxygens (including phenoxy) is 1. The number of halogens is 1. The van der Waals surface area contributed by atoms with Gasteiger partial charge in [-0.15, -0.1) is 0 Å². The van der Waals surface area contributed by atoms with E-state index < -0.39 is 11.6 Å². The highest BCUT2D eigenvalue weighted by atomic mass is 79.9. The molecule has 1 aliphatic carbocycles. The van der Waals surface area contributed by atoms with E-state index >= 15 is 0 Å². The largest absolute Gasteiger partial charge is 0.487 e. The van der Waals surface area contributed by atoms with Crippen LogP contribution in [0, 0.1) is 0 Å². The van der Waals surface area contributed by atoms with Crippen molar-refractivity contribution in [2.75, 3.05) is 0 Å². The van der Waals surface area contributed by atoms with Crippen molar-refractivity contribution in [3.05, 3.63) is 40.9 Å². The molecule has 0 radical (unpaired) electrons. The number of carboxylic acid groups (broad SMARTS) is 1. The standard InChI is InChI=1S/C16H15BrO3/c17-13-4-2-12-9-14(5-3-11(12)8-13)20-16(6-1-7-16)10-15(18)19/h2-5,8-9H,1,6-7,10H2,(H,18,19). The Morgan fingerprint density at radius 3 is 2.55 bits per heavy atom. The molecule has 2 aromatic rings. The van der Waals surface area contributed by atoms with Crippen LogP contribution in [0.4, 0.5) is 0 Å². The average molecular weight is 335 g/mol. The number of hydrogen-bond donors (Lipinski definition) is 1. The highest BCUT2D eigenvalue weighted by molar-refractivity contribution is 9.10. The summed E-state index contributed by atoms with van der Waals surface area (Å²) < 4.78 is 7.04. The molecule has 1 saturated carbocycles. The molecule has 0 heterocycles. The van der Waals surface area contributed by atoms with Gasteiger partial charge >= 0.3 is 5.97 Å². The number of fused-ring (bicyclic) bond motifs is 1. The molecule has 0 saturated heterocycles. The zero-order chi connectivity index (χ0) is 14.2. The molecule has 4 heteroatoms. The third-order valence-electron chi connectivity index (χ3n) is 3.85. The predicted molar refractivity (Wildman–Crippen MR) is 81.1 cm³/mol. The fourth-order valence-corrected chi connectivity index (χ4v) is 3.05. The first kappa shape index (κ1) is 13.4. The van der Waals surface area contributed by atoms with E-state index in [-0.39, 0.29) is 6.42 Å². The maximum Gasteiger partial charge on any atom is 0.307 e. The van der Waals surface area contributed by atoms with Gasteiger partial charge in [-0.05, 0) is 54.3 Å². The van der Waals surface area contributed by atoms with Crippen molar-refractivity contribution in [3.63, 3.8) is 0 Å². The lowest BCUT2D eigenvalue weighted by molar-refractivity contribution is -0.144. The minimum absolute atomic E-state index is 0.0748. The molecule has 2 aromatic carbocycles. The van der Waals surface area contributed by atoms with Gasteiger partial charge < -0.3 is 9.84 Å². The molecular weight excluding hydrogens is 320 g/mol. The summed E-state index contributed by atoms with van der Waals surface area (Å²) in [5.74, 6) is -0.0461. The molecule has 0 unspecified atom stereocenters. The third-order valence-corrected chi connectivity index (χ3v) is 4.34. The first-order valence-corrected chi connectivity index (χ1v) is 7.46. The summed E-state index contributed by atoms with van der Waals surface area (Å²) in [5.41, 5.74) is -0.505. The summed E-state index contributed by atoms with van der Waals surface area (Å²) in [7, 11) is 0. The van der Waals surface area contributed by atoms with Gasteiger partial charge in [0.25, 0.3) is 0 Å². The Morgan fingerprint density at radius 1 is 1.20 bits per heavy atom. The molecule has 0 amide bonds. The zero-order valence-corrected chi connectivity index (χ0v) is 12.5. The fraction of sp³-hybridized carbons (Fsp3) is 0.312. The lowest BCUT2D eigenvalue weighted by atomic mass is 9.77. The van der Waals surface area contributed by atoms with Crippen molar-refractivity contribution in [2.24, 2.45) is 0 Å². The molecular formula is C16H15BrO3. The van der Waals surface area contributed by atoms with Crippen LogP contribution in [0.2, 0.25) is 0 Å². The van der Waals surface area contributed by atoms with Gasteiger partial charge in [0, 0.05) is 4.47 Å². The van der Waals surface area contributed by atoms with Crippen LogP contribution in [0.5, 0.6) is 5.75 Å². The van der Waals surface area contributed by atoms with E-state index in [2.05, 4.69) is 22.0 Å². The Balaban J connectivity index is 1.87. The Hall–Kier alpha value is -1.55. The van der Waals surface area contributed by atoms with E-state index in [0.29, 0.717) is 0 Å². The van der Waals surface area contributed by atoms with Gasteiger partial charge in [-0.2, -0.15) is 0 Å². The van der Waals surface area contributed by atoms with Crippen molar-refractivity contribution in [3.8, 4) is 5.75 Å². The van der Waals surface area contributed by atoms with E-state index in [1.807, 2.05) is 30.3 Å². The summed E-state index contributed by atoms with van der Waals surface area (Å²) in [5, 5.41) is 11.2. The first-order chi connectivity index (χ1) is 9.56. The highest BCUT2D eigenvalue weighted by Gasteiger charge is 2.41. The first-order valence-electron chi connectivity index (χ1n) is 6.67. The van der Waals surface area contributed by atoms with Crippen molar-refractivity contribution in [2.45, 2.75) is 31.3 Å². The van der Waals surface area contributed by atoms with Gasteiger partial charge in [0.1, 0.15) is 11.4 Å². The average Bonchev–Trinajstić information content (AvgIpc) is 2.36. The van der Waals surface area contributed by atoms with Crippen LogP contribution in [0.25, 0.3) is 10.8 Å². The van der Waals surface area contributed by atoms with Crippen LogP contribution in [0.15, 0.2) is 40.9 Å². The van der Waals surface area contributed by atoms with E-state index in [1.165, 1.54) is 0 Å². The van der Waals surface area contributed by atoms with Gasteiger partial charge in [0.05, 0.1) is 6.42 Å². The second-order valence-corrected chi connectivity index (χ2v) is 6.28. The van der Waals surface area contributed by atoms with Crippen molar-refractivity contribution < 1.29 is 14.6 Å². The second-order valence-electron chi connectivity index (χ2n) is 5.36. The molecule has 20 heavy (non-hydrogen) atoms. The predicted octanol–water partition coefficient (Wildman–Crippen LogP) is 4.38. The van der Waals surface area contributed by atoms with Crippen LogP contribution < -0.4 is 4.74 Å². The van der Waals surface area contributed by atoms with E-state index in [0.717, 1.165) is 40.3 Å². The van der Waals surface area contributed by atoms with Crippen LogP contribution in [0.3, 0.4) is 0 Å². The van der Waals surface area contributed by atoms with Crippen molar-refractivity contribution in [1.29, 1.82) is 0 Å². The molecule has 1 N–H and O–H groups in total. The highest BCUT2D eigenvalue weighted by Crippen LogP contribution is 2.40. The van der Waals surface area contributed by atoms with Gasteiger partial charge in [0.2, 0.25) is 0 Å². The molecule has 0 aliphatic heterocycles. The Morgan fingerprint density at radius 2 is 1.90 bits per heavy atom. The molecule has 3 nitrogen and oxygen atoms in total. The lowest BCUT2D eigenvalue weighted by Gasteiger charge is -2.40. The topological polar surface area (TPSA) is 46.5 Å². The molecule has 0 aromatic heterocycles. The zero-order valence-electron chi connectivity index (χ0n) is 10.9. The molecule has 3 rings (SSSR count). The van der Waals surface area contributed by atoms with Gasteiger partial charge in [0.15, 0.2) is 0 Å². The van der Waals surface area contributed by atoms with Crippen LogP contribution in [-0.4, -0.2) is 16.7 Å². The summed E-state index contributed by atoms with van der Waals surface area (Å²) in [4.78, 5) is 11.0. The number of benzene rings is 2. The Kier molecular flexibility index (Phi) is 3.42. The number of rotatable bonds is 4.